The highest BCUT2D eigenvalue weighted by Crippen LogP contribution is 2.08. The first kappa shape index (κ1) is 21.9. The number of unbranched alkanes of at least 4 members (excludes halogenated alkanes) is 7. The van der Waals surface area contributed by atoms with Gasteiger partial charge in [0.1, 0.15) is 0 Å². The first-order valence-electron chi connectivity index (χ1n) is 9.00. The normalized spacial score (nSPS) is 13.0. The van der Waals surface area contributed by atoms with Gasteiger partial charge < -0.3 is 5.11 Å². The highest BCUT2D eigenvalue weighted by Gasteiger charge is 1.88. The number of allylic oxidation sites excluding steroid dienone is 11. The first-order chi connectivity index (χ1) is 11.8. The third-order valence-electron chi connectivity index (χ3n) is 3.35. The molecule has 0 bridgehead atoms. The highest BCUT2D eigenvalue weighted by atomic mass is 16.4. The molecule has 0 fully saturated rings. The van der Waals surface area contributed by atoms with Crippen LogP contribution >= 0.6 is 0 Å². The molecule has 0 unspecified atom stereocenters. The van der Waals surface area contributed by atoms with Crippen LogP contribution < -0.4 is 0 Å². The quantitative estimate of drug-likeness (QED) is 0.223. The van der Waals surface area contributed by atoms with Crippen LogP contribution in [0.25, 0.3) is 0 Å². The molecule has 0 amide bonds. The number of hydrogen-bond acceptors (Lipinski definition) is 1. The van der Waals surface area contributed by atoms with Crippen LogP contribution in [0.15, 0.2) is 72.9 Å². The van der Waals surface area contributed by atoms with Crippen molar-refractivity contribution in [2.45, 2.75) is 58.3 Å². The Labute approximate surface area is 147 Å². The van der Waals surface area contributed by atoms with Crippen LogP contribution in [0.5, 0.6) is 0 Å². The van der Waals surface area contributed by atoms with Gasteiger partial charge in [-0.1, -0.05) is 112 Å². The summed E-state index contributed by atoms with van der Waals surface area (Å²) in [6.45, 7) is 2.25. The molecule has 0 saturated heterocycles. The zero-order valence-corrected chi connectivity index (χ0v) is 14.9. The largest absolute Gasteiger partial charge is 0.478 e. The number of carboxylic acid groups (broad SMARTS) is 1. The third kappa shape index (κ3) is 19.9. The Kier molecular flexibility index (Phi) is 17.3. The summed E-state index contributed by atoms with van der Waals surface area (Å²) in [6, 6.07) is 0. The van der Waals surface area contributed by atoms with Gasteiger partial charge in [0.2, 0.25) is 0 Å². The molecule has 1 N–H and O–H groups in total. The van der Waals surface area contributed by atoms with Gasteiger partial charge in [-0.15, -0.1) is 0 Å². The van der Waals surface area contributed by atoms with Crippen molar-refractivity contribution in [3.05, 3.63) is 72.9 Å². The Balaban J connectivity index is 3.57. The molecular formula is C22H32O2. The van der Waals surface area contributed by atoms with Crippen molar-refractivity contribution in [1.29, 1.82) is 0 Å². The zero-order chi connectivity index (χ0) is 17.7. The molecule has 2 nitrogen and oxygen atoms in total. The average Bonchev–Trinajstić information content (AvgIpc) is 2.56. The van der Waals surface area contributed by atoms with E-state index in [4.69, 9.17) is 5.11 Å². The average molecular weight is 328 g/mol. The van der Waals surface area contributed by atoms with Crippen molar-refractivity contribution in [2.75, 3.05) is 0 Å². The molecule has 0 aliphatic carbocycles. The van der Waals surface area contributed by atoms with Crippen molar-refractivity contribution < 1.29 is 9.90 Å². The topological polar surface area (TPSA) is 37.3 Å². The van der Waals surface area contributed by atoms with Crippen molar-refractivity contribution in [1.82, 2.24) is 0 Å². The van der Waals surface area contributed by atoms with Gasteiger partial charge in [-0.2, -0.15) is 0 Å². The fourth-order valence-electron chi connectivity index (χ4n) is 2.05. The van der Waals surface area contributed by atoms with E-state index in [-0.39, 0.29) is 0 Å². The van der Waals surface area contributed by atoms with Crippen LogP contribution in [0.3, 0.4) is 0 Å². The van der Waals surface area contributed by atoms with E-state index in [9.17, 15) is 4.79 Å². The van der Waals surface area contributed by atoms with Gasteiger partial charge in [0.25, 0.3) is 0 Å². The van der Waals surface area contributed by atoms with Gasteiger partial charge in [0.05, 0.1) is 0 Å². The number of carbonyl (C=O) groups is 1. The maximum atomic E-state index is 10.2. The van der Waals surface area contributed by atoms with Gasteiger partial charge in [-0.25, -0.2) is 4.79 Å². The Morgan fingerprint density at radius 1 is 0.667 bits per heavy atom. The first-order valence-corrected chi connectivity index (χ1v) is 9.00. The number of carboxylic acids is 1. The van der Waals surface area contributed by atoms with Crippen LogP contribution in [0.1, 0.15) is 58.3 Å². The highest BCUT2D eigenvalue weighted by molar-refractivity contribution is 5.80. The summed E-state index contributed by atoms with van der Waals surface area (Å²) in [7, 11) is 0. The fraction of sp³-hybridized carbons (Fsp3) is 0.409. The van der Waals surface area contributed by atoms with Crippen LogP contribution in [-0.2, 0) is 4.79 Å². The number of rotatable bonds is 14. The van der Waals surface area contributed by atoms with Crippen LogP contribution in [0.4, 0.5) is 0 Å². The second kappa shape index (κ2) is 19.0. The Morgan fingerprint density at radius 3 is 1.67 bits per heavy atom. The Morgan fingerprint density at radius 2 is 1.12 bits per heavy atom. The van der Waals surface area contributed by atoms with E-state index in [1.54, 1.807) is 12.2 Å². The van der Waals surface area contributed by atoms with Gasteiger partial charge >= 0.3 is 5.97 Å². The molecule has 0 radical (unpaired) electrons. The van der Waals surface area contributed by atoms with E-state index in [0.717, 1.165) is 12.5 Å². The standard InChI is InChI=1S/C22H32O2/c1-2-3-4-5-6-7-8-9-10-11-12-13-14-15-16-17-18-19-20-21-22(23)24/h10-21H,2-9H2,1H3,(H,23,24)/b11-10+,13-12-,15-14-,17-16-,19-18+,21-20+. The summed E-state index contributed by atoms with van der Waals surface area (Å²) in [5.41, 5.74) is 0. The lowest BCUT2D eigenvalue weighted by molar-refractivity contribution is -0.131. The van der Waals surface area contributed by atoms with Gasteiger partial charge in [0, 0.05) is 6.08 Å². The maximum Gasteiger partial charge on any atom is 0.328 e. The minimum absolute atomic E-state index is 0.936. The van der Waals surface area contributed by atoms with E-state index in [2.05, 4.69) is 19.1 Å². The molecule has 0 aliphatic rings. The SMILES string of the molecule is CCCCCCCCC/C=C/C=C\C=C/C=C\C=C\C=C\C(=O)O. The Bertz CT molecular complexity index is 462. The molecule has 0 spiro atoms. The second-order valence-corrected chi connectivity index (χ2v) is 5.58. The van der Waals surface area contributed by atoms with Gasteiger partial charge in [-0.3, -0.25) is 0 Å². The van der Waals surface area contributed by atoms with Crippen molar-refractivity contribution >= 4 is 5.97 Å². The molecule has 0 aromatic carbocycles. The zero-order valence-electron chi connectivity index (χ0n) is 14.9. The summed E-state index contributed by atoms with van der Waals surface area (Å²) in [4.78, 5) is 10.2. The lowest BCUT2D eigenvalue weighted by Gasteiger charge is -1.98. The second-order valence-electron chi connectivity index (χ2n) is 5.58. The van der Waals surface area contributed by atoms with Crippen molar-refractivity contribution in [3.63, 3.8) is 0 Å². The minimum atomic E-state index is -0.936. The van der Waals surface area contributed by atoms with E-state index in [1.165, 1.54) is 51.0 Å². The maximum absolute atomic E-state index is 10.2. The van der Waals surface area contributed by atoms with Gasteiger partial charge in [-0.05, 0) is 12.8 Å². The molecular weight excluding hydrogens is 296 g/mol. The molecule has 0 saturated carbocycles. The third-order valence-corrected chi connectivity index (χ3v) is 3.35. The summed E-state index contributed by atoms with van der Waals surface area (Å²) >= 11 is 0. The molecule has 132 valence electrons. The van der Waals surface area contributed by atoms with Crippen LogP contribution in [0.2, 0.25) is 0 Å². The molecule has 0 atom stereocenters. The van der Waals surface area contributed by atoms with E-state index in [0.29, 0.717) is 0 Å². The Hall–Kier alpha value is -2.09. The summed E-state index contributed by atoms with van der Waals surface area (Å²) in [5.74, 6) is -0.936. The van der Waals surface area contributed by atoms with Gasteiger partial charge in [0.15, 0.2) is 0 Å². The molecule has 24 heavy (non-hydrogen) atoms. The van der Waals surface area contributed by atoms with Crippen LogP contribution in [-0.4, -0.2) is 11.1 Å². The molecule has 2 heteroatoms. The number of aliphatic carboxylic acids is 1. The predicted molar refractivity (Wildman–Crippen MR) is 105 cm³/mol. The van der Waals surface area contributed by atoms with Crippen molar-refractivity contribution in [3.8, 4) is 0 Å². The monoisotopic (exact) mass is 328 g/mol. The number of hydrogen-bond donors (Lipinski definition) is 1. The molecule has 0 aliphatic heterocycles. The van der Waals surface area contributed by atoms with E-state index < -0.39 is 5.97 Å². The molecule has 0 aromatic heterocycles. The lowest BCUT2D eigenvalue weighted by Crippen LogP contribution is -1.84. The summed E-state index contributed by atoms with van der Waals surface area (Å²) < 4.78 is 0. The smallest absolute Gasteiger partial charge is 0.328 e. The van der Waals surface area contributed by atoms with E-state index in [1.807, 2.05) is 36.5 Å². The minimum Gasteiger partial charge on any atom is -0.478 e. The summed E-state index contributed by atoms with van der Waals surface area (Å²) in [5, 5.41) is 8.39. The van der Waals surface area contributed by atoms with Crippen molar-refractivity contribution in [2.24, 2.45) is 0 Å². The molecule has 0 aromatic rings. The fourth-order valence-corrected chi connectivity index (χ4v) is 2.05. The predicted octanol–water partition coefficient (Wildman–Crippen LogP) is 6.55. The van der Waals surface area contributed by atoms with E-state index >= 15 is 0 Å². The molecule has 0 heterocycles. The molecule has 0 rings (SSSR count). The summed E-state index contributed by atoms with van der Waals surface area (Å²) in [6.07, 6.45) is 32.7. The lowest BCUT2D eigenvalue weighted by atomic mass is 10.1. The van der Waals surface area contributed by atoms with Crippen LogP contribution in [0, 0.1) is 0 Å².